The van der Waals surface area contributed by atoms with Gasteiger partial charge in [0.05, 0.1) is 16.8 Å². The van der Waals surface area contributed by atoms with E-state index in [1.165, 1.54) is 13.1 Å². The van der Waals surface area contributed by atoms with Crippen molar-refractivity contribution in [3.05, 3.63) is 36.0 Å². The number of guanidine groups is 1. The van der Waals surface area contributed by atoms with Gasteiger partial charge in [-0.2, -0.15) is 0 Å². The van der Waals surface area contributed by atoms with Gasteiger partial charge < -0.3 is 38.3 Å². The molecule has 0 unspecified atom stereocenters. The molecule has 0 aliphatic rings. The van der Waals surface area contributed by atoms with Crippen molar-refractivity contribution in [1.82, 2.24) is 15.6 Å². The van der Waals surface area contributed by atoms with Crippen LogP contribution in [-0.2, 0) is 19.2 Å². The fraction of sp³-hybridized carbons (Fsp3) is 0.348. The van der Waals surface area contributed by atoms with Crippen LogP contribution in [0.5, 0.6) is 0 Å². The summed E-state index contributed by atoms with van der Waals surface area (Å²) in [7, 11) is 0. The first-order valence-corrected chi connectivity index (χ1v) is 11.3. The topological polar surface area (TPSA) is 245 Å². The number of aromatic nitrogens is 1. The number of carbonyl (C=O) groups is 5. The number of aliphatic carboxylic acids is 1. The number of amides is 4. The number of pyridine rings is 1. The highest BCUT2D eigenvalue weighted by Crippen LogP contribution is 2.26. The number of nitrogens with two attached hydrogens (primary N) is 3. The van der Waals surface area contributed by atoms with Gasteiger partial charge in [-0.25, -0.2) is 0 Å². The lowest BCUT2D eigenvalue weighted by atomic mass is 10.1. The van der Waals surface area contributed by atoms with E-state index in [1.807, 2.05) is 0 Å². The van der Waals surface area contributed by atoms with Gasteiger partial charge in [-0.3, -0.25) is 33.9 Å². The summed E-state index contributed by atoms with van der Waals surface area (Å²) < 4.78 is 0. The Hall–Kier alpha value is -4.75. The second-order valence-corrected chi connectivity index (χ2v) is 8.12. The molecule has 4 amide bonds. The van der Waals surface area contributed by atoms with E-state index >= 15 is 0 Å². The van der Waals surface area contributed by atoms with Gasteiger partial charge in [-0.1, -0.05) is 18.2 Å². The summed E-state index contributed by atoms with van der Waals surface area (Å²) in [6.07, 6.45) is 1.19. The third kappa shape index (κ3) is 8.76. The first-order chi connectivity index (χ1) is 17.5. The van der Waals surface area contributed by atoms with Crippen molar-refractivity contribution in [2.45, 2.75) is 44.7 Å². The Bertz CT molecular complexity index is 1210. The number of carboxylic acid groups (broad SMARTS) is 1. The summed E-state index contributed by atoms with van der Waals surface area (Å²) in [6, 6.07) is 4.45. The van der Waals surface area contributed by atoms with Crippen molar-refractivity contribution in [1.29, 1.82) is 0 Å². The maximum atomic E-state index is 13.2. The second kappa shape index (κ2) is 13.4. The molecule has 0 spiro atoms. The largest absolute Gasteiger partial charge is 0.481 e. The van der Waals surface area contributed by atoms with Crippen molar-refractivity contribution in [3.8, 4) is 0 Å². The number of fused-ring (bicyclic) bond motifs is 1. The number of para-hydroxylation sites is 1. The minimum Gasteiger partial charge on any atom is -0.481 e. The monoisotopic (exact) mass is 514 g/mol. The fourth-order valence-electron chi connectivity index (χ4n) is 3.47. The molecule has 0 fully saturated rings. The molecule has 2 rings (SSSR count). The highest BCUT2D eigenvalue weighted by molar-refractivity contribution is 6.13. The molecule has 0 saturated carbocycles. The molecule has 0 aliphatic heterocycles. The van der Waals surface area contributed by atoms with Gasteiger partial charge in [0, 0.05) is 31.5 Å². The Kier molecular flexibility index (Phi) is 10.3. The Morgan fingerprint density at radius 1 is 1.03 bits per heavy atom. The van der Waals surface area contributed by atoms with Crippen LogP contribution in [0.15, 0.2) is 35.5 Å². The molecule has 0 saturated heterocycles. The maximum Gasteiger partial charge on any atom is 0.303 e. The van der Waals surface area contributed by atoms with Crippen LogP contribution >= 0.6 is 0 Å². The van der Waals surface area contributed by atoms with Gasteiger partial charge in [-0.15, -0.1) is 0 Å². The average molecular weight is 515 g/mol. The number of hydrogen-bond acceptors (Lipinski definition) is 7. The zero-order valence-corrected chi connectivity index (χ0v) is 20.2. The zero-order valence-electron chi connectivity index (χ0n) is 20.2. The molecule has 14 heteroatoms. The van der Waals surface area contributed by atoms with Crippen molar-refractivity contribution in [2.75, 3.05) is 11.9 Å². The number of primary amides is 1. The molecule has 1 heterocycles. The molecule has 198 valence electrons. The molecule has 0 aliphatic carbocycles. The highest BCUT2D eigenvalue weighted by Gasteiger charge is 2.26. The maximum absolute atomic E-state index is 13.2. The van der Waals surface area contributed by atoms with E-state index in [9.17, 15) is 24.0 Å². The van der Waals surface area contributed by atoms with E-state index in [2.05, 4.69) is 25.9 Å². The Labute approximate surface area is 212 Å². The molecule has 10 N–H and O–H groups in total. The smallest absolute Gasteiger partial charge is 0.303 e. The van der Waals surface area contributed by atoms with Crippen molar-refractivity contribution in [3.63, 3.8) is 0 Å². The van der Waals surface area contributed by atoms with Crippen LogP contribution in [0, 0.1) is 0 Å². The van der Waals surface area contributed by atoms with Crippen LogP contribution in [0.3, 0.4) is 0 Å². The van der Waals surface area contributed by atoms with Gasteiger partial charge in [-0.05, 0) is 25.3 Å². The van der Waals surface area contributed by atoms with Crippen LogP contribution < -0.4 is 33.2 Å². The normalized spacial score (nSPS) is 12.1. The quantitative estimate of drug-likeness (QED) is 0.100. The summed E-state index contributed by atoms with van der Waals surface area (Å²) in [6.45, 7) is 1.42. The Morgan fingerprint density at radius 2 is 1.73 bits per heavy atom. The summed E-state index contributed by atoms with van der Waals surface area (Å²) in [4.78, 5) is 68.9. The van der Waals surface area contributed by atoms with E-state index in [0.29, 0.717) is 17.3 Å². The van der Waals surface area contributed by atoms with Gasteiger partial charge >= 0.3 is 5.97 Å². The lowest BCUT2D eigenvalue weighted by molar-refractivity contribution is -0.137. The van der Waals surface area contributed by atoms with Gasteiger partial charge in [0.2, 0.25) is 17.7 Å². The number of nitrogens with one attached hydrogen (secondary N) is 3. The molecule has 2 aromatic rings. The number of rotatable bonds is 13. The predicted octanol–water partition coefficient (Wildman–Crippen LogP) is -0.820. The third-order valence-corrected chi connectivity index (χ3v) is 5.20. The number of carboxylic acids is 1. The lowest BCUT2D eigenvalue weighted by Crippen LogP contribution is -2.45. The average Bonchev–Trinajstić information content (AvgIpc) is 2.82. The minimum atomic E-state index is -1.18. The van der Waals surface area contributed by atoms with Gasteiger partial charge in [0.25, 0.3) is 5.91 Å². The lowest BCUT2D eigenvalue weighted by Gasteiger charge is -2.20. The number of benzene rings is 1. The molecule has 2 atom stereocenters. The van der Waals surface area contributed by atoms with Crippen molar-refractivity contribution < 1.29 is 29.1 Å². The number of aliphatic imine (C=N–C) groups is 1. The summed E-state index contributed by atoms with van der Waals surface area (Å²) in [5.74, 6) is -4.03. The molecule has 37 heavy (non-hydrogen) atoms. The number of anilines is 1. The van der Waals surface area contributed by atoms with Gasteiger partial charge in [0.1, 0.15) is 12.1 Å². The predicted molar refractivity (Wildman–Crippen MR) is 135 cm³/mol. The minimum absolute atomic E-state index is 0.0673. The van der Waals surface area contributed by atoms with E-state index in [4.69, 9.17) is 22.3 Å². The SMILES string of the molecule is CC(=O)N[C@H](CCC(=O)O)C(=O)Nc1c(C(=O)N[C@@H](CCCN=C(N)N)C(N)=O)cnc2ccccc12. The van der Waals surface area contributed by atoms with Crippen LogP contribution in [0.1, 0.15) is 43.0 Å². The van der Waals surface area contributed by atoms with E-state index in [0.717, 1.165) is 0 Å². The summed E-state index contributed by atoms with van der Waals surface area (Å²) in [5, 5.41) is 17.0. The summed E-state index contributed by atoms with van der Waals surface area (Å²) in [5.41, 5.74) is 16.5. The molecule has 0 radical (unpaired) electrons. The third-order valence-electron chi connectivity index (χ3n) is 5.20. The van der Waals surface area contributed by atoms with Crippen LogP contribution in [0.25, 0.3) is 10.9 Å². The molecule has 0 bridgehead atoms. The van der Waals surface area contributed by atoms with Crippen LogP contribution in [0.4, 0.5) is 5.69 Å². The summed E-state index contributed by atoms with van der Waals surface area (Å²) >= 11 is 0. The highest BCUT2D eigenvalue weighted by atomic mass is 16.4. The molecule has 14 nitrogen and oxygen atoms in total. The zero-order chi connectivity index (χ0) is 27.5. The number of carbonyl (C=O) groups excluding carboxylic acids is 4. The Balaban J connectivity index is 2.36. The second-order valence-electron chi connectivity index (χ2n) is 8.12. The molecule has 1 aromatic heterocycles. The van der Waals surface area contributed by atoms with E-state index < -0.39 is 41.7 Å². The van der Waals surface area contributed by atoms with Crippen LogP contribution in [0.2, 0.25) is 0 Å². The van der Waals surface area contributed by atoms with Crippen LogP contribution in [-0.4, -0.2) is 64.3 Å². The molecular weight excluding hydrogens is 484 g/mol. The molecular formula is C23H30N8O6. The molecule has 1 aromatic carbocycles. The van der Waals surface area contributed by atoms with E-state index in [-0.39, 0.29) is 43.0 Å². The van der Waals surface area contributed by atoms with E-state index in [1.54, 1.807) is 24.3 Å². The first-order valence-electron chi connectivity index (χ1n) is 11.3. The fourth-order valence-corrected chi connectivity index (χ4v) is 3.47. The standard InChI is InChI=1S/C23H30N8O6/c1-12(32)29-17(8-9-18(33)34)22(37)31-19-13-5-2-3-6-15(13)28-11-14(19)21(36)30-16(20(24)35)7-4-10-27-23(25)26/h2-3,5-6,11,16-17H,4,7-10H2,1H3,(H2,24,35)(H,29,32)(H,30,36)(H,33,34)(H4,25,26,27)(H,28,31,37)/t16-,17+/m0/s1. The number of hydrogen-bond donors (Lipinski definition) is 7. The first kappa shape index (κ1) is 28.5. The van der Waals surface area contributed by atoms with Gasteiger partial charge in [0.15, 0.2) is 5.96 Å². The van der Waals surface area contributed by atoms with Crippen molar-refractivity contribution >= 4 is 52.1 Å². The van der Waals surface area contributed by atoms with Crippen molar-refractivity contribution in [2.24, 2.45) is 22.2 Å². The number of nitrogens with zero attached hydrogens (tertiary/aromatic N) is 2. The Morgan fingerprint density at radius 3 is 2.35 bits per heavy atom.